The maximum absolute atomic E-state index is 9.41. The molecule has 1 aliphatic heterocycles. The van der Waals surface area contributed by atoms with E-state index in [0.717, 1.165) is 42.9 Å². The lowest BCUT2D eigenvalue weighted by molar-refractivity contribution is 0.585. The van der Waals surface area contributed by atoms with Gasteiger partial charge in [-0.25, -0.2) is 4.98 Å². The van der Waals surface area contributed by atoms with Crippen LogP contribution in [0.4, 0.5) is 5.82 Å². The molecular weight excluding hydrogens is 248 g/mol. The lowest BCUT2D eigenvalue weighted by Gasteiger charge is -2.29. The number of nitriles is 1. The molecular formula is C16H18N4. The van der Waals surface area contributed by atoms with Crippen molar-refractivity contribution in [1.82, 2.24) is 10.3 Å². The first-order chi connectivity index (χ1) is 9.69. The van der Waals surface area contributed by atoms with Crippen molar-refractivity contribution in [3.05, 3.63) is 34.9 Å². The molecule has 1 fully saturated rings. The van der Waals surface area contributed by atoms with Gasteiger partial charge in [-0.3, -0.25) is 0 Å². The Morgan fingerprint density at radius 1 is 1.20 bits per heavy atom. The van der Waals surface area contributed by atoms with Crippen LogP contribution >= 0.6 is 0 Å². The minimum Gasteiger partial charge on any atom is -0.353 e. The summed E-state index contributed by atoms with van der Waals surface area (Å²) in [5.41, 5.74) is 4.05. The van der Waals surface area contributed by atoms with E-state index >= 15 is 0 Å². The molecule has 3 rings (SSSR count). The number of hydrogen-bond acceptors (Lipinski definition) is 4. The number of piperazine rings is 1. The second-order valence-corrected chi connectivity index (χ2v) is 5.36. The molecule has 20 heavy (non-hydrogen) atoms. The highest BCUT2D eigenvalue weighted by Crippen LogP contribution is 2.26. The number of pyridine rings is 1. The standard InChI is InChI=1S/C16H18N4/c1-11-7-12(2)15-13(8-11)9-14(10-17)16(19-15)20-5-3-18-4-6-20/h7-9,18H,3-6H2,1-2H3. The van der Waals surface area contributed by atoms with Crippen LogP contribution in [0, 0.1) is 25.2 Å². The highest BCUT2D eigenvalue weighted by atomic mass is 15.2. The van der Waals surface area contributed by atoms with E-state index < -0.39 is 0 Å². The van der Waals surface area contributed by atoms with Crippen molar-refractivity contribution >= 4 is 16.7 Å². The van der Waals surface area contributed by atoms with E-state index in [1.165, 1.54) is 11.1 Å². The highest BCUT2D eigenvalue weighted by Gasteiger charge is 2.17. The number of aromatic nitrogens is 1. The Bertz CT molecular complexity index is 694. The van der Waals surface area contributed by atoms with Crippen LogP contribution in [0.5, 0.6) is 0 Å². The summed E-state index contributed by atoms with van der Waals surface area (Å²) in [5, 5.41) is 13.8. The summed E-state index contributed by atoms with van der Waals surface area (Å²) in [4.78, 5) is 6.99. The summed E-state index contributed by atoms with van der Waals surface area (Å²) in [7, 11) is 0. The van der Waals surface area contributed by atoms with Gasteiger partial charge in [-0.1, -0.05) is 11.6 Å². The Morgan fingerprint density at radius 3 is 2.65 bits per heavy atom. The van der Waals surface area contributed by atoms with Gasteiger partial charge in [0.1, 0.15) is 11.9 Å². The zero-order valence-corrected chi connectivity index (χ0v) is 11.9. The minimum atomic E-state index is 0.671. The first kappa shape index (κ1) is 12.9. The van der Waals surface area contributed by atoms with Crippen molar-refractivity contribution in [2.24, 2.45) is 0 Å². The maximum Gasteiger partial charge on any atom is 0.147 e. The molecule has 2 aromatic rings. The smallest absolute Gasteiger partial charge is 0.147 e. The average Bonchev–Trinajstić information content (AvgIpc) is 2.46. The van der Waals surface area contributed by atoms with Crippen molar-refractivity contribution in [2.45, 2.75) is 13.8 Å². The van der Waals surface area contributed by atoms with Crippen LogP contribution in [-0.4, -0.2) is 31.2 Å². The van der Waals surface area contributed by atoms with Crippen molar-refractivity contribution in [2.75, 3.05) is 31.1 Å². The lowest BCUT2D eigenvalue weighted by atomic mass is 10.0. The number of rotatable bonds is 1. The number of benzene rings is 1. The zero-order chi connectivity index (χ0) is 14.1. The van der Waals surface area contributed by atoms with Crippen molar-refractivity contribution in [3.8, 4) is 6.07 Å². The van der Waals surface area contributed by atoms with Gasteiger partial charge < -0.3 is 10.2 Å². The molecule has 1 aromatic heterocycles. The zero-order valence-electron chi connectivity index (χ0n) is 11.9. The quantitative estimate of drug-likeness (QED) is 0.859. The fourth-order valence-corrected chi connectivity index (χ4v) is 2.84. The van der Waals surface area contributed by atoms with Gasteiger partial charge in [-0.15, -0.1) is 0 Å². The van der Waals surface area contributed by atoms with Crippen LogP contribution in [0.15, 0.2) is 18.2 Å². The normalized spacial score (nSPS) is 15.3. The Labute approximate surface area is 119 Å². The Balaban J connectivity index is 2.18. The fraction of sp³-hybridized carbons (Fsp3) is 0.375. The average molecular weight is 266 g/mol. The van der Waals surface area contributed by atoms with E-state index in [1.807, 2.05) is 6.07 Å². The van der Waals surface area contributed by atoms with Gasteiger partial charge >= 0.3 is 0 Å². The molecule has 4 heteroatoms. The van der Waals surface area contributed by atoms with Crippen LogP contribution in [0.2, 0.25) is 0 Å². The summed E-state index contributed by atoms with van der Waals surface area (Å²) < 4.78 is 0. The molecule has 0 spiro atoms. The molecule has 0 amide bonds. The molecule has 0 unspecified atom stereocenters. The van der Waals surface area contributed by atoms with Gasteiger partial charge in [0.25, 0.3) is 0 Å². The third-order valence-corrected chi connectivity index (χ3v) is 3.77. The number of aryl methyl sites for hydroxylation is 2. The Morgan fingerprint density at radius 2 is 1.95 bits per heavy atom. The molecule has 0 bridgehead atoms. The topological polar surface area (TPSA) is 52.0 Å². The van der Waals surface area contributed by atoms with Crippen LogP contribution in [0.3, 0.4) is 0 Å². The van der Waals surface area contributed by atoms with Crippen molar-refractivity contribution < 1.29 is 0 Å². The Kier molecular flexibility index (Phi) is 3.29. The molecule has 1 aromatic carbocycles. The molecule has 1 saturated heterocycles. The van der Waals surface area contributed by atoms with Crippen LogP contribution in [-0.2, 0) is 0 Å². The monoisotopic (exact) mass is 266 g/mol. The SMILES string of the molecule is Cc1cc(C)c2nc(N3CCNCC3)c(C#N)cc2c1. The van der Waals surface area contributed by atoms with E-state index in [2.05, 4.69) is 42.3 Å². The second-order valence-electron chi connectivity index (χ2n) is 5.36. The van der Waals surface area contributed by atoms with E-state index in [1.54, 1.807) is 0 Å². The van der Waals surface area contributed by atoms with Gasteiger partial charge in [0, 0.05) is 31.6 Å². The van der Waals surface area contributed by atoms with Crippen LogP contribution in [0.1, 0.15) is 16.7 Å². The van der Waals surface area contributed by atoms with Gasteiger partial charge in [0.2, 0.25) is 0 Å². The first-order valence-electron chi connectivity index (χ1n) is 6.97. The number of nitrogens with one attached hydrogen (secondary N) is 1. The molecule has 102 valence electrons. The van der Waals surface area contributed by atoms with Crippen molar-refractivity contribution in [1.29, 1.82) is 5.26 Å². The number of fused-ring (bicyclic) bond motifs is 1. The van der Waals surface area contributed by atoms with E-state index in [4.69, 9.17) is 4.98 Å². The van der Waals surface area contributed by atoms with Gasteiger partial charge in [-0.2, -0.15) is 5.26 Å². The predicted octanol–water partition coefficient (Wildman–Crippen LogP) is 2.13. The third-order valence-electron chi connectivity index (χ3n) is 3.77. The second kappa shape index (κ2) is 5.10. The van der Waals surface area contributed by atoms with Gasteiger partial charge in [-0.05, 0) is 31.5 Å². The largest absolute Gasteiger partial charge is 0.353 e. The summed E-state index contributed by atoms with van der Waals surface area (Å²) in [6.07, 6.45) is 0. The van der Waals surface area contributed by atoms with E-state index in [9.17, 15) is 5.26 Å². The molecule has 2 heterocycles. The summed E-state index contributed by atoms with van der Waals surface area (Å²) in [5.74, 6) is 0.827. The summed E-state index contributed by atoms with van der Waals surface area (Å²) >= 11 is 0. The fourth-order valence-electron chi connectivity index (χ4n) is 2.84. The molecule has 0 radical (unpaired) electrons. The summed E-state index contributed by atoms with van der Waals surface area (Å²) in [6.45, 7) is 7.84. The Hall–Kier alpha value is -2.12. The lowest BCUT2D eigenvalue weighted by Crippen LogP contribution is -2.44. The highest BCUT2D eigenvalue weighted by molar-refractivity contribution is 5.86. The summed E-state index contributed by atoms with van der Waals surface area (Å²) in [6, 6.07) is 8.51. The van der Waals surface area contributed by atoms with E-state index in [-0.39, 0.29) is 0 Å². The maximum atomic E-state index is 9.41. The number of hydrogen-bond donors (Lipinski definition) is 1. The number of anilines is 1. The molecule has 0 aliphatic carbocycles. The van der Waals surface area contributed by atoms with Crippen LogP contribution < -0.4 is 10.2 Å². The van der Waals surface area contributed by atoms with E-state index in [0.29, 0.717) is 5.56 Å². The first-order valence-corrected chi connectivity index (χ1v) is 6.97. The minimum absolute atomic E-state index is 0.671. The van der Waals surface area contributed by atoms with Gasteiger partial charge in [0.15, 0.2) is 0 Å². The predicted molar refractivity (Wildman–Crippen MR) is 81.0 cm³/mol. The molecule has 1 N–H and O–H groups in total. The third kappa shape index (κ3) is 2.21. The number of nitrogens with zero attached hydrogens (tertiary/aromatic N) is 3. The van der Waals surface area contributed by atoms with Crippen molar-refractivity contribution in [3.63, 3.8) is 0 Å². The molecule has 4 nitrogen and oxygen atoms in total. The molecule has 1 aliphatic rings. The molecule has 0 saturated carbocycles. The molecule has 0 atom stereocenters. The van der Waals surface area contributed by atoms with Crippen LogP contribution in [0.25, 0.3) is 10.9 Å². The van der Waals surface area contributed by atoms with Gasteiger partial charge in [0.05, 0.1) is 11.1 Å².